The second-order valence-corrected chi connectivity index (χ2v) is 6.99. The number of aromatic nitrogens is 1. The van der Waals surface area contributed by atoms with Gasteiger partial charge in [-0.25, -0.2) is 13.8 Å². The number of hydrogen-bond acceptors (Lipinski definition) is 3. The number of pyridine rings is 1. The summed E-state index contributed by atoms with van der Waals surface area (Å²) in [7, 11) is 0. The maximum Gasteiger partial charge on any atom is 0.220 e. The molecule has 0 radical (unpaired) electrons. The smallest absolute Gasteiger partial charge is 0.220 e. The zero-order chi connectivity index (χ0) is 19.9. The summed E-state index contributed by atoms with van der Waals surface area (Å²) >= 11 is 3.20. The van der Waals surface area contributed by atoms with Gasteiger partial charge in [0, 0.05) is 29.7 Å². The fraction of sp³-hybridized carbons (Fsp3) is 0.143. The zero-order valence-corrected chi connectivity index (χ0v) is 16.4. The molecule has 0 bridgehead atoms. The largest absolute Gasteiger partial charge is 0.439 e. The lowest BCUT2D eigenvalue weighted by atomic mass is 10.1. The Morgan fingerprint density at radius 2 is 1.86 bits per heavy atom. The third-order valence-electron chi connectivity index (χ3n) is 3.96. The van der Waals surface area contributed by atoms with E-state index in [-0.39, 0.29) is 24.0 Å². The molecule has 4 nitrogen and oxygen atoms in total. The van der Waals surface area contributed by atoms with Crippen molar-refractivity contribution < 1.29 is 18.3 Å². The van der Waals surface area contributed by atoms with Crippen molar-refractivity contribution in [1.82, 2.24) is 10.3 Å². The molecule has 0 saturated heterocycles. The molecule has 0 unspecified atom stereocenters. The van der Waals surface area contributed by atoms with Crippen LogP contribution in [0.25, 0.3) is 0 Å². The number of benzene rings is 2. The van der Waals surface area contributed by atoms with Crippen LogP contribution in [0.4, 0.5) is 8.78 Å². The van der Waals surface area contributed by atoms with Crippen molar-refractivity contribution in [3.05, 3.63) is 88.0 Å². The molecule has 0 fully saturated rings. The van der Waals surface area contributed by atoms with Gasteiger partial charge < -0.3 is 10.1 Å². The second kappa shape index (κ2) is 9.41. The molecule has 0 aliphatic rings. The van der Waals surface area contributed by atoms with Gasteiger partial charge in [-0.1, -0.05) is 28.1 Å². The van der Waals surface area contributed by atoms with E-state index in [1.165, 1.54) is 30.3 Å². The normalized spacial score (nSPS) is 10.5. The van der Waals surface area contributed by atoms with Gasteiger partial charge in [-0.05, 0) is 53.9 Å². The van der Waals surface area contributed by atoms with Crippen molar-refractivity contribution in [2.24, 2.45) is 0 Å². The summed E-state index contributed by atoms with van der Waals surface area (Å²) in [5.74, 6) is 0.00821. The van der Waals surface area contributed by atoms with E-state index < -0.39 is 0 Å². The minimum atomic E-state index is -0.339. The number of halogens is 3. The van der Waals surface area contributed by atoms with Crippen LogP contribution in [-0.2, 0) is 17.8 Å². The van der Waals surface area contributed by atoms with Gasteiger partial charge in [-0.3, -0.25) is 4.79 Å². The maximum absolute atomic E-state index is 13.8. The van der Waals surface area contributed by atoms with Crippen LogP contribution in [0.5, 0.6) is 11.6 Å². The van der Waals surface area contributed by atoms with Gasteiger partial charge in [0.05, 0.1) is 0 Å². The first-order valence-corrected chi connectivity index (χ1v) is 9.38. The molecule has 2 aromatic carbocycles. The van der Waals surface area contributed by atoms with Crippen molar-refractivity contribution in [2.45, 2.75) is 19.4 Å². The SMILES string of the molecule is O=C(CCc1ccc(Br)cc1F)NCc1ccc(Oc2ccc(F)cc2)nc1. The molecule has 3 rings (SSSR count). The molecule has 0 saturated carbocycles. The summed E-state index contributed by atoms with van der Waals surface area (Å²) in [5, 5.41) is 2.78. The molecule has 7 heteroatoms. The lowest BCUT2D eigenvalue weighted by Crippen LogP contribution is -2.23. The Balaban J connectivity index is 1.46. The van der Waals surface area contributed by atoms with Crippen molar-refractivity contribution in [1.29, 1.82) is 0 Å². The molecule has 1 heterocycles. The van der Waals surface area contributed by atoms with Gasteiger partial charge >= 0.3 is 0 Å². The highest BCUT2D eigenvalue weighted by atomic mass is 79.9. The van der Waals surface area contributed by atoms with Crippen LogP contribution in [0.15, 0.2) is 65.3 Å². The number of rotatable bonds is 7. The third-order valence-corrected chi connectivity index (χ3v) is 4.45. The summed E-state index contributed by atoms with van der Waals surface area (Å²) in [5.41, 5.74) is 1.30. The van der Waals surface area contributed by atoms with Crippen LogP contribution < -0.4 is 10.1 Å². The fourth-order valence-corrected chi connectivity index (χ4v) is 2.79. The lowest BCUT2D eigenvalue weighted by molar-refractivity contribution is -0.121. The van der Waals surface area contributed by atoms with E-state index in [4.69, 9.17) is 4.74 Å². The number of nitrogens with zero attached hydrogens (tertiary/aromatic N) is 1. The van der Waals surface area contributed by atoms with E-state index in [0.717, 1.165) is 5.56 Å². The van der Waals surface area contributed by atoms with Gasteiger partial charge in [0.1, 0.15) is 17.4 Å². The number of carbonyl (C=O) groups is 1. The predicted molar refractivity (Wildman–Crippen MR) is 105 cm³/mol. The zero-order valence-electron chi connectivity index (χ0n) is 14.8. The number of ether oxygens (including phenoxy) is 1. The summed E-state index contributed by atoms with van der Waals surface area (Å²) in [6.07, 6.45) is 2.11. The highest BCUT2D eigenvalue weighted by Gasteiger charge is 2.07. The highest BCUT2D eigenvalue weighted by molar-refractivity contribution is 9.10. The second-order valence-electron chi connectivity index (χ2n) is 6.07. The molecule has 1 amide bonds. The monoisotopic (exact) mass is 446 g/mol. The van der Waals surface area contributed by atoms with Crippen molar-refractivity contribution in [3.8, 4) is 11.6 Å². The van der Waals surface area contributed by atoms with Crippen LogP contribution in [0.2, 0.25) is 0 Å². The topological polar surface area (TPSA) is 51.2 Å². The molecule has 0 aliphatic heterocycles. The van der Waals surface area contributed by atoms with Gasteiger partial charge in [0.2, 0.25) is 11.8 Å². The first-order chi connectivity index (χ1) is 13.5. The van der Waals surface area contributed by atoms with Crippen molar-refractivity contribution >= 4 is 21.8 Å². The van der Waals surface area contributed by atoms with Gasteiger partial charge in [-0.15, -0.1) is 0 Å². The van der Waals surface area contributed by atoms with E-state index in [0.29, 0.717) is 34.6 Å². The molecule has 1 N–H and O–H groups in total. The molecular formula is C21H17BrF2N2O2. The highest BCUT2D eigenvalue weighted by Crippen LogP contribution is 2.19. The van der Waals surface area contributed by atoms with Crippen LogP contribution in [0, 0.1) is 11.6 Å². The summed E-state index contributed by atoms with van der Waals surface area (Å²) in [6.45, 7) is 0.311. The number of aryl methyl sites for hydroxylation is 1. The quantitative estimate of drug-likeness (QED) is 0.544. The fourth-order valence-electron chi connectivity index (χ4n) is 2.46. The van der Waals surface area contributed by atoms with E-state index in [9.17, 15) is 13.6 Å². The van der Waals surface area contributed by atoms with Crippen LogP contribution in [0.3, 0.4) is 0 Å². The Morgan fingerprint density at radius 1 is 1.07 bits per heavy atom. The summed E-state index contributed by atoms with van der Waals surface area (Å²) in [4.78, 5) is 16.2. The molecule has 0 spiro atoms. The van der Waals surface area contributed by atoms with Crippen LogP contribution in [0.1, 0.15) is 17.5 Å². The number of amides is 1. The number of hydrogen-bond donors (Lipinski definition) is 1. The molecule has 0 aliphatic carbocycles. The van der Waals surface area contributed by atoms with Crippen molar-refractivity contribution in [2.75, 3.05) is 0 Å². The Hall–Kier alpha value is -2.80. The average molecular weight is 447 g/mol. The Kier molecular flexibility index (Phi) is 6.71. The molecule has 0 atom stereocenters. The first-order valence-electron chi connectivity index (χ1n) is 8.58. The van der Waals surface area contributed by atoms with E-state index in [1.54, 1.807) is 30.5 Å². The lowest BCUT2D eigenvalue weighted by Gasteiger charge is -2.08. The van der Waals surface area contributed by atoms with E-state index in [1.807, 2.05) is 0 Å². The molecule has 1 aromatic heterocycles. The molecule has 3 aromatic rings. The molecule has 144 valence electrons. The summed E-state index contributed by atoms with van der Waals surface area (Å²) < 4.78 is 32.8. The summed E-state index contributed by atoms with van der Waals surface area (Å²) in [6, 6.07) is 13.9. The van der Waals surface area contributed by atoms with Crippen LogP contribution in [-0.4, -0.2) is 10.9 Å². The third kappa shape index (κ3) is 5.85. The molecule has 28 heavy (non-hydrogen) atoms. The Labute approximate surface area is 169 Å². The van der Waals surface area contributed by atoms with Gasteiger partial charge in [0.25, 0.3) is 0 Å². The Bertz CT molecular complexity index is 948. The van der Waals surface area contributed by atoms with Gasteiger partial charge in [-0.2, -0.15) is 0 Å². The number of carbonyl (C=O) groups excluding carboxylic acids is 1. The first kappa shape index (κ1) is 19.9. The number of nitrogens with one attached hydrogen (secondary N) is 1. The standard InChI is InChI=1S/C21H17BrF2N2O2/c22-16-4-2-15(19(24)11-16)3-9-20(27)25-12-14-1-10-21(26-13-14)28-18-7-5-17(23)6-8-18/h1-2,4-8,10-11,13H,3,9,12H2,(H,25,27). The van der Waals surface area contributed by atoms with Gasteiger partial charge in [0.15, 0.2) is 0 Å². The van der Waals surface area contributed by atoms with E-state index >= 15 is 0 Å². The average Bonchev–Trinajstić information content (AvgIpc) is 2.68. The Morgan fingerprint density at radius 3 is 2.54 bits per heavy atom. The van der Waals surface area contributed by atoms with Crippen LogP contribution >= 0.6 is 15.9 Å². The molecular weight excluding hydrogens is 430 g/mol. The predicted octanol–water partition coefficient (Wildman–Crippen LogP) is 5.16. The minimum Gasteiger partial charge on any atom is -0.439 e. The minimum absolute atomic E-state index is 0.172. The van der Waals surface area contributed by atoms with Crippen molar-refractivity contribution in [3.63, 3.8) is 0 Å². The van der Waals surface area contributed by atoms with E-state index in [2.05, 4.69) is 26.2 Å². The maximum atomic E-state index is 13.8.